The molecule has 0 unspecified atom stereocenters. The first-order chi connectivity index (χ1) is 6.52. The van der Waals surface area contributed by atoms with Gasteiger partial charge in [0.05, 0.1) is 6.20 Å². The molecular weight excluding hydrogens is 214 g/mol. The van der Waals surface area contributed by atoms with Crippen LogP contribution in [0.25, 0.3) is 0 Å². The second kappa shape index (κ2) is 4.17. The molecule has 0 aliphatic rings. The number of hydrogen-bond donors (Lipinski definition) is 3. The summed E-state index contributed by atoms with van der Waals surface area (Å²) >= 11 is 0. The third-order valence-electron chi connectivity index (χ3n) is 1.15. The molecule has 0 radical (unpaired) electrons. The molecule has 0 aliphatic heterocycles. The second-order valence-corrected chi connectivity index (χ2v) is 3.85. The highest BCUT2D eigenvalue weighted by Gasteiger charge is 2.15. The van der Waals surface area contributed by atoms with Crippen LogP contribution in [-0.2, 0) is 19.7 Å². The van der Waals surface area contributed by atoms with Crippen LogP contribution < -0.4 is 4.89 Å². The molecule has 0 atom stereocenters. The third kappa shape index (κ3) is 2.80. The fraction of sp³-hybridized carbons (Fsp3) is 0.200. The first-order valence-electron chi connectivity index (χ1n) is 3.36. The van der Waals surface area contributed by atoms with Crippen molar-refractivity contribution in [2.45, 2.75) is 4.90 Å². The van der Waals surface area contributed by atoms with Crippen LogP contribution in [0.4, 0.5) is 0 Å². The predicted octanol–water partition coefficient (Wildman–Crippen LogP) is -1.30. The maximum Gasteiger partial charge on any atom is 0.331 e. The number of H-pyrrole nitrogens is 1. The van der Waals surface area contributed by atoms with Crippen LogP contribution in [0.2, 0.25) is 0 Å². The number of nitrogens with zero attached hydrogens (tertiary/aromatic N) is 1. The largest absolute Gasteiger partial charge is 0.479 e. The number of rotatable bonds is 5. The second-order valence-electron chi connectivity index (χ2n) is 2.20. The molecular formula is C5H7N3O5S. The Morgan fingerprint density at radius 2 is 2.43 bits per heavy atom. The molecule has 0 amide bonds. The van der Waals surface area contributed by atoms with Crippen molar-refractivity contribution in [3.8, 4) is 0 Å². The number of carbonyl (C=O) groups is 1. The number of sulfonamides is 1. The molecule has 3 N–H and O–H groups in total. The monoisotopic (exact) mass is 221 g/mol. The van der Waals surface area contributed by atoms with Crippen LogP contribution in [0.15, 0.2) is 17.3 Å². The van der Waals surface area contributed by atoms with E-state index in [1.165, 1.54) is 0 Å². The van der Waals surface area contributed by atoms with E-state index in [4.69, 9.17) is 5.11 Å². The minimum absolute atomic E-state index is 0.136. The Bertz CT molecular complexity index is 397. The highest BCUT2D eigenvalue weighted by Crippen LogP contribution is 2.03. The lowest BCUT2D eigenvalue weighted by atomic mass is 10.7. The van der Waals surface area contributed by atoms with Gasteiger partial charge in [0.25, 0.3) is 10.0 Å². The van der Waals surface area contributed by atoms with E-state index >= 15 is 0 Å². The summed E-state index contributed by atoms with van der Waals surface area (Å²) in [5.41, 5.74) is 0. The fourth-order valence-electron chi connectivity index (χ4n) is 0.603. The summed E-state index contributed by atoms with van der Waals surface area (Å²) < 4.78 is 22.4. The van der Waals surface area contributed by atoms with Gasteiger partial charge in [-0.05, 0) is 0 Å². The van der Waals surface area contributed by atoms with E-state index in [2.05, 4.69) is 15.0 Å². The zero-order valence-electron chi connectivity index (χ0n) is 6.80. The third-order valence-corrected chi connectivity index (χ3v) is 2.33. The van der Waals surface area contributed by atoms with Crippen LogP contribution in [0.1, 0.15) is 0 Å². The number of aromatic nitrogens is 2. The minimum Gasteiger partial charge on any atom is -0.479 e. The van der Waals surface area contributed by atoms with Crippen LogP contribution in [-0.4, -0.2) is 36.3 Å². The molecule has 0 bridgehead atoms. The summed E-state index contributed by atoms with van der Waals surface area (Å²) in [6.07, 6.45) is 2.19. The van der Waals surface area contributed by atoms with Crippen LogP contribution in [0, 0.1) is 0 Å². The smallest absolute Gasteiger partial charge is 0.331 e. The van der Waals surface area contributed by atoms with Crippen LogP contribution in [0.3, 0.4) is 0 Å². The van der Waals surface area contributed by atoms with Gasteiger partial charge in [0.2, 0.25) is 0 Å². The maximum atomic E-state index is 11.2. The number of carboxylic acids is 1. The Hall–Kier alpha value is -1.45. The molecule has 0 saturated heterocycles. The van der Waals surface area contributed by atoms with Gasteiger partial charge >= 0.3 is 5.97 Å². The van der Waals surface area contributed by atoms with Gasteiger partial charge in [0.1, 0.15) is 4.90 Å². The van der Waals surface area contributed by atoms with Gasteiger partial charge in [-0.3, -0.25) is 9.94 Å². The van der Waals surface area contributed by atoms with Crippen molar-refractivity contribution in [3.63, 3.8) is 0 Å². The summed E-state index contributed by atoms with van der Waals surface area (Å²) in [4.78, 5) is 15.7. The lowest BCUT2D eigenvalue weighted by molar-refractivity contribution is -0.143. The number of aliphatic carboxylic acids is 1. The zero-order valence-corrected chi connectivity index (χ0v) is 7.61. The van der Waals surface area contributed by atoms with Gasteiger partial charge in [-0.2, -0.15) is 5.10 Å². The van der Waals surface area contributed by atoms with E-state index in [9.17, 15) is 13.2 Å². The summed E-state index contributed by atoms with van der Waals surface area (Å²) in [5.74, 6) is -1.28. The predicted molar refractivity (Wildman–Crippen MR) is 42.5 cm³/mol. The highest BCUT2D eigenvalue weighted by molar-refractivity contribution is 7.89. The van der Waals surface area contributed by atoms with Gasteiger partial charge in [-0.1, -0.05) is 4.89 Å². The molecule has 0 spiro atoms. The Kier molecular flexibility index (Phi) is 3.17. The summed E-state index contributed by atoms with van der Waals surface area (Å²) in [5, 5.41) is 13.9. The topological polar surface area (TPSA) is 121 Å². The van der Waals surface area contributed by atoms with E-state index in [0.29, 0.717) is 0 Å². The maximum absolute atomic E-state index is 11.2. The van der Waals surface area contributed by atoms with E-state index in [1.54, 1.807) is 4.89 Å². The summed E-state index contributed by atoms with van der Waals surface area (Å²) in [6.45, 7) is -0.753. The normalized spacial score (nSPS) is 11.4. The first kappa shape index (κ1) is 10.6. The molecule has 0 aromatic carbocycles. The Balaban J connectivity index is 2.56. The average molecular weight is 221 g/mol. The first-order valence-corrected chi connectivity index (χ1v) is 4.85. The van der Waals surface area contributed by atoms with Gasteiger partial charge in [0, 0.05) is 6.20 Å². The van der Waals surface area contributed by atoms with Crippen molar-refractivity contribution in [3.05, 3.63) is 12.4 Å². The molecule has 78 valence electrons. The quantitative estimate of drug-likeness (QED) is 0.531. The lowest BCUT2D eigenvalue weighted by Gasteiger charge is -2.01. The summed E-state index contributed by atoms with van der Waals surface area (Å²) in [7, 11) is -3.84. The van der Waals surface area contributed by atoms with E-state index in [-0.39, 0.29) is 4.90 Å². The molecule has 0 fully saturated rings. The SMILES string of the molecule is O=C(O)CONS(=O)(=O)c1cn[nH]c1. The van der Waals surface area contributed by atoms with E-state index in [0.717, 1.165) is 12.4 Å². The Labute approximate surface area is 78.9 Å². The van der Waals surface area contributed by atoms with Gasteiger partial charge in [-0.25, -0.2) is 13.2 Å². The number of nitrogens with one attached hydrogen (secondary N) is 2. The van der Waals surface area contributed by atoms with E-state index < -0.39 is 22.6 Å². The Morgan fingerprint density at radius 1 is 1.71 bits per heavy atom. The molecule has 0 aliphatic carbocycles. The zero-order chi connectivity index (χ0) is 10.6. The Morgan fingerprint density at radius 3 is 2.93 bits per heavy atom. The molecule has 9 heteroatoms. The van der Waals surface area contributed by atoms with Crippen molar-refractivity contribution in [1.82, 2.24) is 15.1 Å². The van der Waals surface area contributed by atoms with Crippen molar-refractivity contribution in [2.24, 2.45) is 0 Å². The standard InChI is InChI=1S/C5H7N3O5S/c9-5(10)3-13-8-14(11,12)4-1-6-7-2-4/h1-2,8H,3H2,(H,6,7)(H,9,10). The lowest BCUT2D eigenvalue weighted by Crippen LogP contribution is -2.26. The number of carboxylic acid groups (broad SMARTS) is 1. The van der Waals surface area contributed by atoms with Gasteiger partial charge in [-0.15, -0.1) is 0 Å². The molecule has 1 aromatic heterocycles. The van der Waals surface area contributed by atoms with Crippen LogP contribution >= 0.6 is 0 Å². The van der Waals surface area contributed by atoms with Crippen molar-refractivity contribution < 1.29 is 23.2 Å². The van der Waals surface area contributed by atoms with Crippen molar-refractivity contribution >= 4 is 16.0 Å². The molecule has 14 heavy (non-hydrogen) atoms. The summed E-state index contributed by atoms with van der Waals surface area (Å²) in [6, 6.07) is 0. The minimum atomic E-state index is -3.84. The number of hydrogen-bond acceptors (Lipinski definition) is 5. The molecule has 8 nitrogen and oxygen atoms in total. The average Bonchev–Trinajstić information content (AvgIpc) is 2.54. The van der Waals surface area contributed by atoms with Gasteiger partial charge < -0.3 is 5.11 Å². The van der Waals surface area contributed by atoms with E-state index in [1.807, 2.05) is 0 Å². The molecule has 1 heterocycles. The van der Waals surface area contributed by atoms with Gasteiger partial charge in [0.15, 0.2) is 6.61 Å². The molecule has 1 aromatic rings. The molecule has 0 saturated carbocycles. The van der Waals surface area contributed by atoms with Crippen LogP contribution in [0.5, 0.6) is 0 Å². The number of aromatic amines is 1. The van der Waals surface area contributed by atoms with Crippen molar-refractivity contribution in [1.29, 1.82) is 0 Å². The van der Waals surface area contributed by atoms with Crippen molar-refractivity contribution in [2.75, 3.05) is 6.61 Å². The highest BCUT2D eigenvalue weighted by atomic mass is 32.2. The fourth-order valence-corrected chi connectivity index (χ4v) is 1.31. The molecule has 1 rings (SSSR count).